The van der Waals surface area contributed by atoms with E-state index in [0.29, 0.717) is 43.2 Å². The maximum absolute atomic E-state index is 11.0. The van der Waals surface area contributed by atoms with Gasteiger partial charge in [0.2, 0.25) is 6.29 Å². The minimum atomic E-state index is -0.557. The lowest BCUT2D eigenvalue weighted by molar-refractivity contribution is -0.247. The van der Waals surface area contributed by atoms with Gasteiger partial charge in [-0.1, -0.05) is 57.5 Å². The zero-order valence-electron chi connectivity index (χ0n) is 19.5. The van der Waals surface area contributed by atoms with Gasteiger partial charge in [0.05, 0.1) is 12.2 Å². The normalized spacial score (nSPS) is 40.0. The standard InChI is InChI=1S/C12H20O5.C10H17BrO3/c1-7-8(2)11(5-15-6-13)17-12(9(7)3)16-10(4)14;1-6-7(2)9(4-13-5-12)14-10(11)8(6)3/h6-9,11-12H,5H2,1-4H3;5-10H,4H2,1-3H3/t7-,8-,9?,11?,12+;6-,7-,8?,9?,10-/m00/s1. The number of carbonyl (C=O) groups excluding carboxylic acids is 3. The van der Waals surface area contributed by atoms with Crippen molar-refractivity contribution < 1.29 is 38.1 Å². The lowest BCUT2D eigenvalue weighted by Gasteiger charge is -2.42. The number of hydrogen-bond acceptors (Lipinski definition) is 8. The van der Waals surface area contributed by atoms with Crippen LogP contribution in [0.25, 0.3) is 0 Å². The van der Waals surface area contributed by atoms with Crippen molar-refractivity contribution in [1.82, 2.24) is 0 Å². The highest BCUT2D eigenvalue weighted by molar-refractivity contribution is 9.09. The summed E-state index contributed by atoms with van der Waals surface area (Å²) < 4.78 is 26.0. The summed E-state index contributed by atoms with van der Waals surface area (Å²) in [7, 11) is 0. The summed E-state index contributed by atoms with van der Waals surface area (Å²) in [6, 6.07) is 0. The van der Waals surface area contributed by atoms with Gasteiger partial charge in [0, 0.05) is 12.8 Å². The second-order valence-electron chi connectivity index (χ2n) is 8.69. The van der Waals surface area contributed by atoms with Gasteiger partial charge in [0.15, 0.2) is 0 Å². The van der Waals surface area contributed by atoms with Crippen molar-refractivity contribution in [2.75, 3.05) is 13.2 Å². The molecule has 31 heavy (non-hydrogen) atoms. The van der Waals surface area contributed by atoms with Crippen LogP contribution in [0.15, 0.2) is 0 Å². The number of ether oxygens (including phenoxy) is 5. The molecule has 0 N–H and O–H groups in total. The summed E-state index contributed by atoms with van der Waals surface area (Å²) in [6.07, 6.45) is -0.773. The molecule has 10 atom stereocenters. The lowest BCUT2D eigenvalue weighted by Crippen LogP contribution is -2.48. The molecule has 0 amide bonds. The average molecular weight is 509 g/mol. The average Bonchev–Trinajstić information content (AvgIpc) is 2.73. The largest absolute Gasteiger partial charge is 0.465 e. The first-order chi connectivity index (χ1) is 14.5. The van der Waals surface area contributed by atoms with E-state index in [2.05, 4.69) is 43.6 Å². The predicted octanol–water partition coefficient (Wildman–Crippen LogP) is 3.54. The molecule has 180 valence electrons. The van der Waals surface area contributed by atoms with Crippen molar-refractivity contribution in [3.63, 3.8) is 0 Å². The molecule has 8 nitrogen and oxygen atoms in total. The fourth-order valence-electron chi connectivity index (χ4n) is 3.91. The number of esters is 1. The Morgan fingerprint density at radius 3 is 1.68 bits per heavy atom. The number of rotatable bonds is 7. The molecule has 2 rings (SSSR count). The zero-order chi connectivity index (χ0) is 23.7. The molecule has 0 aromatic rings. The van der Waals surface area contributed by atoms with E-state index in [4.69, 9.17) is 23.7 Å². The van der Waals surface area contributed by atoms with E-state index < -0.39 is 6.29 Å². The van der Waals surface area contributed by atoms with Gasteiger partial charge in [-0.25, -0.2) is 0 Å². The van der Waals surface area contributed by atoms with Gasteiger partial charge in [-0.15, -0.1) is 0 Å². The summed E-state index contributed by atoms with van der Waals surface area (Å²) in [6.45, 7) is 15.4. The molecule has 2 saturated heterocycles. The Labute approximate surface area is 193 Å². The Hall–Kier alpha value is -1.19. The summed E-state index contributed by atoms with van der Waals surface area (Å²) in [5, 5.41) is 0.0638. The molecular formula is C22H37BrO8. The first-order valence-corrected chi connectivity index (χ1v) is 11.7. The van der Waals surface area contributed by atoms with E-state index in [1.165, 1.54) is 6.92 Å². The molecule has 2 heterocycles. The molecule has 2 aliphatic heterocycles. The molecule has 2 aliphatic rings. The van der Waals surface area contributed by atoms with Crippen molar-refractivity contribution in [2.45, 2.75) is 72.0 Å². The zero-order valence-corrected chi connectivity index (χ0v) is 21.1. The molecule has 4 unspecified atom stereocenters. The fourth-order valence-corrected chi connectivity index (χ4v) is 4.66. The number of halogens is 1. The quantitative estimate of drug-likeness (QED) is 0.223. The van der Waals surface area contributed by atoms with E-state index in [1.807, 2.05) is 13.8 Å². The van der Waals surface area contributed by atoms with Crippen LogP contribution in [0.5, 0.6) is 0 Å². The highest BCUT2D eigenvalue weighted by atomic mass is 79.9. The highest BCUT2D eigenvalue weighted by Crippen LogP contribution is 2.37. The van der Waals surface area contributed by atoms with E-state index in [9.17, 15) is 14.4 Å². The van der Waals surface area contributed by atoms with Crippen molar-refractivity contribution in [1.29, 1.82) is 0 Å². The Morgan fingerprint density at radius 2 is 1.23 bits per heavy atom. The SMILES string of the molecule is CC(=O)O[C@@H]1OC(COC=O)[C@@H](C)[C@H](C)C1C.CC1[C@@H](C)[C@H](C)C(COC=O)O[C@@H]1Br. The van der Waals surface area contributed by atoms with E-state index in [1.54, 1.807) is 0 Å². The van der Waals surface area contributed by atoms with Gasteiger partial charge in [0.1, 0.15) is 18.2 Å². The fraction of sp³-hybridized carbons (Fsp3) is 0.864. The van der Waals surface area contributed by atoms with E-state index in [0.717, 1.165) is 0 Å². The van der Waals surface area contributed by atoms with Gasteiger partial charge >= 0.3 is 5.97 Å². The Balaban J connectivity index is 0.000000316. The van der Waals surface area contributed by atoms with Gasteiger partial charge < -0.3 is 23.7 Å². The first-order valence-electron chi connectivity index (χ1n) is 10.8. The third-order valence-corrected chi connectivity index (χ3v) is 7.94. The van der Waals surface area contributed by atoms with Crippen LogP contribution in [0.4, 0.5) is 0 Å². The van der Waals surface area contributed by atoms with Crippen LogP contribution in [0, 0.1) is 35.5 Å². The van der Waals surface area contributed by atoms with Crippen LogP contribution in [0.3, 0.4) is 0 Å². The highest BCUT2D eigenvalue weighted by Gasteiger charge is 2.41. The van der Waals surface area contributed by atoms with Crippen molar-refractivity contribution >= 4 is 34.8 Å². The third-order valence-electron chi connectivity index (χ3n) is 6.89. The Bertz CT molecular complexity index is 574. The predicted molar refractivity (Wildman–Crippen MR) is 117 cm³/mol. The van der Waals surface area contributed by atoms with Gasteiger partial charge in [-0.05, 0) is 29.6 Å². The summed E-state index contributed by atoms with van der Waals surface area (Å²) >= 11 is 3.49. The van der Waals surface area contributed by atoms with Gasteiger partial charge in [0.25, 0.3) is 12.9 Å². The molecule has 0 bridgehead atoms. The van der Waals surface area contributed by atoms with Gasteiger partial charge in [-0.2, -0.15) is 0 Å². The smallest absolute Gasteiger partial charge is 0.304 e. The van der Waals surface area contributed by atoms with Crippen molar-refractivity contribution in [3.8, 4) is 0 Å². The molecule has 0 spiro atoms. The number of carbonyl (C=O) groups is 3. The molecule has 9 heteroatoms. The van der Waals surface area contributed by atoms with Crippen LogP contribution in [-0.2, 0) is 38.1 Å². The second kappa shape index (κ2) is 13.4. The molecule has 2 fully saturated rings. The summed E-state index contributed by atoms with van der Waals surface area (Å²) in [4.78, 5) is 31.3. The minimum Gasteiger partial charge on any atom is -0.465 e. The van der Waals surface area contributed by atoms with Crippen molar-refractivity contribution in [3.05, 3.63) is 0 Å². The number of hydrogen-bond donors (Lipinski definition) is 0. The van der Waals surface area contributed by atoms with Crippen molar-refractivity contribution in [2.24, 2.45) is 35.5 Å². The minimum absolute atomic E-state index is 0.00998. The number of alkyl halides is 1. The lowest BCUT2D eigenvalue weighted by atomic mass is 9.79. The molecular weight excluding hydrogens is 472 g/mol. The van der Waals surface area contributed by atoms with Crippen LogP contribution >= 0.6 is 15.9 Å². The van der Waals surface area contributed by atoms with Gasteiger partial charge in [-0.3, -0.25) is 14.4 Å². The van der Waals surface area contributed by atoms with Crippen LogP contribution in [0.2, 0.25) is 0 Å². The first kappa shape index (κ1) is 27.8. The van der Waals surface area contributed by atoms with Crippen LogP contribution in [-0.4, -0.2) is 55.6 Å². The van der Waals surface area contributed by atoms with Crippen LogP contribution < -0.4 is 0 Å². The second-order valence-corrected chi connectivity index (χ2v) is 9.59. The Morgan fingerprint density at radius 1 is 0.774 bits per heavy atom. The molecule has 0 aromatic carbocycles. The molecule has 0 aliphatic carbocycles. The topological polar surface area (TPSA) is 97.4 Å². The molecule has 0 radical (unpaired) electrons. The monoisotopic (exact) mass is 508 g/mol. The Kier molecular flexibility index (Phi) is 12.0. The van der Waals surface area contributed by atoms with E-state index >= 15 is 0 Å². The molecule has 0 saturated carbocycles. The maximum atomic E-state index is 11.0. The maximum Gasteiger partial charge on any atom is 0.304 e. The summed E-state index contributed by atoms with van der Waals surface area (Å²) in [5.41, 5.74) is 0. The van der Waals surface area contributed by atoms with Crippen LogP contribution in [0.1, 0.15) is 48.5 Å². The summed E-state index contributed by atoms with van der Waals surface area (Å²) in [5.74, 6) is 1.80. The molecule has 0 aromatic heterocycles. The van der Waals surface area contributed by atoms with E-state index in [-0.39, 0.29) is 41.6 Å². The third kappa shape index (κ3) is 8.02.